The van der Waals surface area contributed by atoms with Crippen molar-refractivity contribution in [3.63, 3.8) is 0 Å². The first-order chi connectivity index (χ1) is 15.4. The number of nitrogens with zero attached hydrogens (tertiary/aromatic N) is 4. The molecule has 9 heteroatoms. The van der Waals surface area contributed by atoms with E-state index >= 15 is 0 Å². The highest BCUT2D eigenvalue weighted by atomic mass is 19.1. The van der Waals surface area contributed by atoms with Crippen LogP contribution in [0.15, 0.2) is 42.9 Å². The number of fused-ring (bicyclic) bond motifs is 1. The van der Waals surface area contributed by atoms with Crippen molar-refractivity contribution in [1.82, 2.24) is 19.7 Å². The lowest BCUT2D eigenvalue weighted by atomic mass is 9.91. The molecule has 0 saturated heterocycles. The number of aryl methyl sites for hydroxylation is 1. The standard InChI is InChI=1S/C23H19F2N5O2/c1-30-10-13(21(29-30)19-15(24)4-3-5-16(19)25)20-12-8-14(23(6-7-23)22(26)31)18(32-2)9-17(12)27-11-28-20/h3-5,8-11H,6-7H2,1-2H3,(H2,26,31). The predicted molar refractivity (Wildman–Crippen MR) is 114 cm³/mol. The van der Waals surface area contributed by atoms with Crippen molar-refractivity contribution in [3.05, 3.63) is 60.1 Å². The van der Waals surface area contributed by atoms with Crippen LogP contribution in [0.5, 0.6) is 5.75 Å². The summed E-state index contributed by atoms with van der Waals surface area (Å²) in [5.41, 5.74) is 6.85. The van der Waals surface area contributed by atoms with Crippen molar-refractivity contribution in [3.8, 4) is 28.3 Å². The Morgan fingerprint density at radius 1 is 1.16 bits per heavy atom. The van der Waals surface area contributed by atoms with Crippen LogP contribution in [0.2, 0.25) is 0 Å². The fraction of sp³-hybridized carbons (Fsp3) is 0.217. The SMILES string of the molecule is COc1cc2ncnc(-c3cn(C)nc3-c3c(F)cccc3F)c2cc1C1(C(N)=O)CC1. The van der Waals surface area contributed by atoms with Gasteiger partial charge in [-0.3, -0.25) is 9.48 Å². The maximum atomic E-state index is 14.6. The third kappa shape index (κ3) is 2.92. The van der Waals surface area contributed by atoms with Crippen molar-refractivity contribution < 1.29 is 18.3 Å². The van der Waals surface area contributed by atoms with Gasteiger partial charge in [-0.2, -0.15) is 5.10 Å². The first-order valence-corrected chi connectivity index (χ1v) is 9.97. The van der Waals surface area contributed by atoms with Crippen LogP contribution in [0.3, 0.4) is 0 Å². The normalized spacial score (nSPS) is 14.5. The molecular formula is C23H19F2N5O2. The molecule has 1 saturated carbocycles. The third-order valence-electron chi connectivity index (χ3n) is 5.98. The van der Waals surface area contributed by atoms with Crippen LogP contribution in [-0.4, -0.2) is 32.8 Å². The first kappa shape index (κ1) is 20.0. The number of hydrogen-bond acceptors (Lipinski definition) is 5. The largest absolute Gasteiger partial charge is 0.496 e. The molecule has 0 aliphatic heterocycles. The summed E-state index contributed by atoms with van der Waals surface area (Å²) in [5.74, 6) is -1.37. The number of hydrogen-bond donors (Lipinski definition) is 1. The van der Waals surface area contributed by atoms with Crippen molar-refractivity contribution in [2.45, 2.75) is 18.3 Å². The Morgan fingerprint density at radius 2 is 1.88 bits per heavy atom. The fourth-order valence-electron chi connectivity index (χ4n) is 4.19. The second-order valence-electron chi connectivity index (χ2n) is 7.90. The Balaban J connectivity index is 1.80. The summed E-state index contributed by atoms with van der Waals surface area (Å²) < 4.78 is 36.2. The Hall–Kier alpha value is -3.88. The van der Waals surface area contributed by atoms with E-state index in [1.54, 1.807) is 25.4 Å². The van der Waals surface area contributed by atoms with Crippen LogP contribution < -0.4 is 10.5 Å². The topological polar surface area (TPSA) is 95.9 Å². The highest BCUT2D eigenvalue weighted by Crippen LogP contribution is 2.52. The van der Waals surface area contributed by atoms with Gasteiger partial charge < -0.3 is 10.5 Å². The van der Waals surface area contributed by atoms with Crippen LogP contribution >= 0.6 is 0 Å². The second kappa shape index (κ2) is 7.08. The average Bonchev–Trinajstić information content (AvgIpc) is 3.50. The molecule has 2 N–H and O–H groups in total. The number of halogens is 2. The lowest BCUT2D eigenvalue weighted by Crippen LogP contribution is -2.28. The summed E-state index contributed by atoms with van der Waals surface area (Å²) >= 11 is 0. The zero-order chi connectivity index (χ0) is 22.6. The molecule has 162 valence electrons. The monoisotopic (exact) mass is 435 g/mol. The fourth-order valence-corrected chi connectivity index (χ4v) is 4.19. The molecule has 32 heavy (non-hydrogen) atoms. The summed E-state index contributed by atoms with van der Waals surface area (Å²) in [6, 6.07) is 7.17. The molecule has 0 spiro atoms. The molecule has 2 aromatic heterocycles. The molecule has 7 nitrogen and oxygen atoms in total. The van der Waals surface area contributed by atoms with Crippen LogP contribution in [0.25, 0.3) is 33.4 Å². The van der Waals surface area contributed by atoms with Gasteiger partial charge in [-0.05, 0) is 31.0 Å². The highest BCUT2D eigenvalue weighted by Gasteiger charge is 2.52. The van der Waals surface area contributed by atoms with Crippen LogP contribution in [0.4, 0.5) is 8.78 Å². The van der Waals surface area contributed by atoms with E-state index in [1.165, 1.54) is 36.3 Å². The Bertz CT molecular complexity index is 1370. The van der Waals surface area contributed by atoms with Crippen molar-refractivity contribution in [2.24, 2.45) is 12.8 Å². The third-order valence-corrected chi connectivity index (χ3v) is 5.98. The Labute approximate surface area is 181 Å². The van der Waals surface area contributed by atoms with E-state index in [0.717, 1.165) is 0 Å². The van der Waals surface area contributed by atoms with Gasteiger partial charge in [-0.25, -0.2) is 18.7 Å². The Morgan fingerprint density at radius 3 is 2.50 bits per heavy atom. The van der Waals surface area contributed by atoms with Gasteiger partial charge in [0, 0.05) is 35.8 Å². The number of rotatable bonds is 5. The number of aromatic nitrogens is 4. The minimum atomic E-state index is -0.804. The number of methoxy groups -OCH3 is 1. The van der Waals surface area contributed by atoms with Gasteiger partial charge in [0.2, 0.25) is 5.91 Å². The molecule has 2 heterocycles. The minimum absolute atomic E-state index is 0.122. The molecule has 0 radical (unpaired) electrons. The van der Waals surface area contributed by atoms with E-state index in [1.807, 2.05) is 0 Å². The maximum Gasteiger partial charge on any atom is 0.228 e. The van der Waals surface area contributed by atoms with Gasteiger partial charge in [0.05, 0.1) is 29.3 Å². The second-order valence-corrected chi connectivity index (χ2v) is 7.90. The van der Waals surface area contributed by atoms with E-state index in [0.29, 0.717) is 46.3 Å². The molecule has 0 bridgehead atoms. The molecular weight excluding hydrogens is 416 g/mol. The molecule has 1 fully saturated rings. The summed E-state index contributed by atoms with van der Waals surface area (Å²) in [6.45, 7) is 0. The van der Waals surface area contributed by atoms with Gasteiger partial charge in [0.25, 0.3) is 0 Å². The lowest BCUT2D eigenvalue weighted by Gasteiger charge is -2.17. The number of amides is 1. The molecule has 1 amide bonds. The number of ether oxygens (including phenoxy) is 1. The summed E-state index contributed by atoms with van der Waals surface area (Å²) in [5, 5.41) is 4.91. The van der Waals surface area contributed by atoms with E-state index in [-0.39, 0.29) is 11.3 Å². The first-order valence-electron chi connectivity index (χ1n) is 9.97. The highest BCUT2D eigenvalue weighted by molar-refractivity contribution is 5.99. The number of nitrogens with two attached hydrogens (primary N) is 1. The van der Waals surface area contributed by atoms with E-state index in [4.69, 9.17) is 10.5 Å². The van der Waals surface area contributed by atoms with Crippen molar-refractivity contribution in [1.29, 1.82) is 0 Å². The lowest BCUT2D eigenvalue weighted by molar-refractivity contribution is -0.120. The smallest absolute Gasteiger partial charge is 0.228 e. The molecule has 4 aromatic rings. The number of carbonyl (C=O) groups is 1. The minimum Gasteiger partial charge on any atom is -0.496 e. The molecule has 1 aliphatic carbocycles. The number of carbonyl (C=O) groups excluding carboxylic acids is 1. The van der Waals surface area contributed by atoms with Crippen LogP contribution in [-0.2, 0) is 17.3 Å². The summed E-state index contributed by atoms with van der Waals surface area (Å²) in [7, 11) is 3.18. The van der Waals surface area contributed by atoms with Gasteiger partial charge in [-0.1, -0.05) is 6.07 Å². The Kier molecular flexibility index (Phi) is 4.44. The molecule has 0 unspecified atom stereocenters. The van der Waals surface area contributed by atoms with E-state index in [9.17, 15) is 13.6 Å². The van der Waals surface area contributed by atoms with Crippen LogP contribution in [0, 0.1) is 11.6 Å². The number of primary amides is 1. The quantitative estimate of drug-likeness (QED) is 0.518. The summed E-state index contributed by atoms with van der Waals surface area (Å²) in [6.07, 6.45) is 4.25. The van der Waals surface area contributed by atoms with Crippen molar-refractivity contribution >= 4 is 16.8 Å². The van der Waals surface area contributed by atoms with Crippen molar-refractivity contribution in [2.75, 3.05) is 7.11 Å². The molecule has 1 aliphatic rings. The van der Waals surface area contributed by atoms with E-state index < -0.39 is 23.0 Å². The average molecular weight is 435 g/mol. The molecule has 0 atom stereocenters. The van der Waals surface area contributed by atoms with E-state index in [2.05, 4.69) is 15.1 Å². The summed E-state index contributed by atoms with van der Waals surface area (Å²) in [4.78, 5) is 20.9. The van der Waals surface area contributed by atoms with Gasteiger partial charge >= 0.3 is 0 Å². The van der Waals surface area contributed by atoms with Gasteiger partial charge in [0.15, 0.2) is 0 Å². The predicted octanol–water partition coefficient (Wildman–Crippen LogP) is 3.50. The van der Waals surface area contributed by atoms with Gasteiger partial charge in [0.1, 0.15) is 29.4 Å². The zero-order valence-electron chi connectivity index (χ0n) is 17.4. The van der Waals surface area contributed by atoms with Crippen LogP contribution in [0.1, 0.15) is 18.4 Å². The molecule has 5 rings (SSSR count). The maximum absolute atomic E-state index is 14.6. The van der Waals surface area contributed by atoms with Gasteiger partial charge in [-0.15, -0.1) is 0 Å². The number of benzene rings is 2. The molecule has 2 aromatic carbocycles. The zero-order valence-corrected chi connectivity index (χ0v) is 17.4.